The molecule has 1 saturated heterocycles. The average Bonchev–Trinajstić information content (AvgIpc) is 3.34. The van der Waals surface area contributed by atoms with Crippen LogP contribution >= 0.6 is 23.2 Å². The van der Waals surface area contributed by atoms with Crippen LogP contribution in [-0.2, 0) is 14.3 Å². The number of anilines is 1. The maximum Gasteiger partial charge on any atom is 0.319 e. The van der Waals surface area contributed by atoms with E-state index in [1.54, 1.807) is 19.2 Å². The summed E-state index contributed by atoms with van der Waals surface area (Å²) in [7, 11) is 4.93. The van der Waals surface area contributed by atoms with Gasteiger partial charge in [-0.15, -0.1) is 0 Å². The Kier molecular flexibility index (Phi) is 11.3. The van der Waals surface area contributed by atoms with Crippen LogP contribution in [0, 0.1) is 5.92 Å². The number of hydrogen-bond donors (Lipinski definition) is 1. The molecule has 11 heteroatoms. The molecule has 2 aromatic carbocycles. The first-order valence-corrected chi connectivity index (χ1v) is 13.3. The minimum atomic E-state index is -0.212. The number of nitrogens with zero attached hydrogens (tertiary/aromatic N) is 4. The zero-order chi connectivity index (χ0) is 28.4. The van der Waals surface area contributed by atoms with Gasteiger partial charge in [0.05, 0.1) is 18.7 Å². The summed E-state index contributed by atoms with van der Waals surface area (Å²) in [5.41, 5.74) is 1.96. The SMILES string of the molecule is CNC=O.COC(=O)CN1CCC(CN(C)c2nc(-c3ccccc3Cl)n(-c3ccc(Cl)cc3)c2C=O)CC1. The van der Waals surface area contributed by atoms with E-state index in [1.165, 1.54) is 7.11 Å². The van der Waals surface area contributed by atoms with E-state index in [4.69, 9.17) is 37.7 Å². The fourth-order valence-corrected chi connectivity index (χ4v) is 4.88. The third kappa shape index (κ3) is 7.81. The van der Waals surface area contributed by atoms with E-state index < -0.39 is 0 Å². The molecule has 1 aromatic heterocycles. The van der Waals surface area contributed by atoms with E-state index in [0.29, 0.717) is 46.3 Å². The molecule has 0 spiro atoms. The first-order chi connectivity index (χ1) is 18.8. The number of ether oxygens (including phenoxy) is 1. The van der Waals surface area contributed by atoms with E-state index in [9.17, 15) is 9.59 Å². The molecule has 3 aromatic rings. The number of nitrogens with one attached hydrogen (secondary N) is 1. The molecule has 1 aliphatic rings. The van der Waals surface area contributed by atoms with E-state index in [1.807, 2.05) is 52.9 Å². The van der Waals surface area contributed by atoms with Crippen molar-refractivity contribution in [2.75, 3.05) is 52.3 Å². The molecule has 4 rings (SSSR count). The van der Waals surface area contributed by atoms with Gasteiger partial charge in [0, 0.05) is 36.9 Å². The van der Waals surface area contributed by atoms with Gasteiger partial charge in [0.25, 0.3) is 0 Å². The van der Waals surface area contributed by atoms with Crippen LogP contribution in [0.2, 0.25) is 10.0 Å². The van der Waals surface area contributed by atoms with Gasteiger partial charge >= 0.3 is 5.97 Å². The third-order valence-corrected chi connectivity index (χ3v) is 7.09. The van der Waals surface area contributed by atoms with Crippen molar-refractivity contribution in [2.45, 2.75) is 12.8 Å². The zero-order valence-corrected chi connectivity index (χ0v) is 23.8. The highest BCUT2D eigenvalue weighted by atomic mass is 35.5. The standard InChI is InChI=1S/C26H28Cl2N4O3.C2H5NO/c1-30(15-18-11-13-31(14-12-18)16-24(34)35-2)26-23(17-33)32(20-9-7-19(27)8-10-20)25(29-26)21-5-3-4-6-22(21)28;1-3-2-4/h3-10,17-18H,11-16H2,1-2H3;2H,1H3,(H,3,4). The fourth-order valence-electron chi connectivity index (χ4n) is 4.53. The number of amides is 1. The predicted molar refractivity (Wildman–Crippen MR) is 154 cm³/mol. The molecule has 208 valence electrons. The van der Waals surface area contributed by atoms with Gasteiger partial charge in [-0.25, -0.2) is 4.98 Å². The molecule has 2 heterocycles. The first kappa shape index (κ1) is 30.1. The number of likely N-dealkylation sites (tertiary alicyclic amines) is 1. The number of esters is 1. The number of carbonyl (C=O) groups excluding carboxylic acids is 3. The number of benzene rings is 2. The monoisotopic (exact) mass is 573 g/mol. The Bertz CT molecular complexity index is 1260. The molecular weight excluding hydrogens is 541 g/mol. The molecule has 1 aliphatic heterocycles. The maximum atomic E-state index is 12.4. The van der Waals surface area contributed by atoms with Crippen LogP contribution in [0.1, 0.15) is 23.3 Å². The number of piperidine rings is 1. The molecule has 0 bridgehead atoms. The highest BCUT2D eigenvalue weighted by Crippen LogP contribution is 2.34. The Hall–Kier alpha value is -3.40. The topological polar surface area (TPSA) is 96.8 Å². The van der Waals surface area contributed by atoms with Gasteiger partial charge in [-0.2, -0.15) is 0 Å². The Labute approximate surface area is 238 Å². The van der Waals surface area contributed by atoms with Crippen molar-refractivity contribution < 1.29 is 19.1 Å². The molecule has 0 atom stereocenters. The summed E-state index contributed by atoms with van der Waals surface area (Å²) in [6, 6.07) is 14.8. The quantitative estimate of drug-likeness (QED) is 0.300. The zero-order valence-electron chi connectivity index (χ0n) is 22.3. The van der Waals surface area contributed by atoms with Gasteiger partial charge in [0.1, 0.15) is 11.5 Å². The summed E-state index contributed by atoms with van der Waals surface area (Å²) >= 11 is 12.6. The normalized spacial score (nSPS) is 13.7. The van der Waals surface area contributed by atoms with Crippen molar-refractivity contribution in [3.05, 3.63) is 64.3 Å². The van der Waals surface area contributed by atoms with Crippen molar-refractivity contribution in [2.24, 2.45) is 5.92 Å². The van der Waals surface area contributed by atoms with E-state index >= 15 is 0 Å². The number of hydrogen-bond acceptors (Lipinski definition) is 7. The van der Waals surface area contributed by atoms with Gasteiger partial charge in [-0.05, 0) is 68.2 Å². The molecule has 1 N–H and O–H groups in total. The lowest BCUT2D eigenvalue weighted by molar-refractivity contribution is -0.142. The van der Waals surface area contributed by atoms with Crippen molar-refractivity contribution in [3.63, 3.8) is 0 Å². The molecule has 9 nitrogen and oxygen atoms in total. The highest BCUT2D eigenvalue weighted by Gasteiger charge is 2.26. The fraction of sp³-hybridized carbons (Fsp3) is 0.357. The first-order valence-electron chi connectivity index (χ1n) is 12.5. The number of aromatic nitrogens is 2. The predicted octanol–water partition coefficient (Wildman–Crippen LogP) is 4.34. The summed E-state index contributed by atoms with van der Waals surface area (Å²) in [5, 5.41) is 3.41. The molecule has 1 amide bonds. The summed E-state index contributed by atoms with van der Waals surface area (Å²) < 4.78 is 6.61. The van der Waals surface area contributed by atoms with Gasteiger partial charge in [-0.1, -0.05) is 35.3 Å². The lowest BCUT2D eigenvalue weighted by atomic mass is 9.96. The molecule has 0 aliphatic carbocycles. The van der Waals surface area contributed by atoms with Gasteiger partial charge in [-0.3, -0.25) is 23.9 Å². The van der Waals surface area contributed by atoms with E-state index in [-0.39, 0.29) is 5.97 Å². The summed E-state index contributed by atoms with van der Waals surface area (Å²) in [6.45, 7) is 2.73. The lowest BCUT2D eigenvalue weighted by Gasteiger charge is -2.33. The van der Waals surface area contributed by atoms with Gasteiger partial charge in [0.15, 0.2) is 12.1 Å². The third-order valence-electron chi connectivity index (χ3n) is 6.50. The van der Waals surface area contributed by atoms with Crippen LogP contribution in [0.5, 0.6) is 0 Å². The Morgan fingerprint density at radius 2 is 1.77 bits per heavy atom. The smallest absolute Gasteiger partial charge is 0.319 e. The summed E-state index contributed by atoms with van der Waals surface area (Å²) in [6.07, 6.45) is 3.37. The van der Waals surface area contributed by atoms with Crippen molar-refractivity contribution >= 4 is 47.7 Å². The minimum Gasteiger partial charge on any atom is -0.468 e. The number of aldehydes is 1. The second-order valence-electron chi connectivity index (χ2n) is 9.14. The largest absolute Gasteiger partial charge is 0.468 e. The second-order valence-corrected chi connectivity index (χ2v) is 9.98. The molecule has 0 saturated carbocycles. The van der Waals surface area contributed by atoms with Crippen LogP contribution in [0.25, 0.3) is 17.1 Å². The minimum absolute atomic E-state index is 0.212. The Morgan fingerprint density at radius 3 is 2.33 bits per heavy atom. The number of imidazole rings is 1. The lowest BCUT2D eigenvalue weighted by Crippen LogP contribution is -2.40. The highest BCUT2D eigenvalue weighted by molar-refractivity contribution is 6.33. The number of halogens is 2. The van der Waals surface area contributed by atoms with E-state index in [2.05, 4.69) is 10.2 Å². The van der Waals surface area contributed by atoms with Crippen molar-refractivity contribution in [1.29, 1.82) is 0 Å². The van der Waals surface area contributed by atoms with Gasteiger partial charge < -0.3 is 15.0 Å². The molecule has 39 heavy (non-hydrogen) atoms. The van der Waals surface area contributed by atoms with Crippen molar-refractivity contribution in [1.82, 2.24) is 19.8 Å². The number of rotatable bonds is 9. The van der Waals surface area contributed by atoms with E-state index in [0.717, 1.165) is 50.0 Å². The Balaban J connectivity index is 0.000000983. The molecule has 0 unspecified atom stereocenters. The van der Waals surface area contributed by atoms with Gasteiger partial charge in [0.2, 0.25) is 6.41 Å². The average molecular weight is 575 g/mol. The Morgan fingerprint density at radius 1 is 1.13 bits per heavy atom. The van der Waals surface area contributed by atoms with Crippen LogP contribution in [0.15, 0.2) is 48.5 Å². The maximum absolute atomic E-state index is 12.4. The second kappa shape index (κ2) is 14.7. The number of carbonyl (C=O) groups is 3. The van der Waals surface area contributed by atoms with Crippen LogP contribution in [0.3, 0.4) is 0 Å². The molecular formula is C28H33Cl2N5O4. The summed E-state index contributed by atoms with van der Waals surface area (Å²) in [4.78, 5) is 42.1. The number of methoxy groups -OCH3 is 1. The van der Waals surface area contributed by atoms with Crippen LogP contribution < -0.4 is 10.2 Å². The van der Waals surface area contributed by atoms with Crippen LogP contribution in [-0.4, -0.2) is 80.5 Å². The van der Waals surface area contributed by atoms with Crippen molar-refractivity contribution in [3.8, 4) is 17.1 Å². The van der Waals surface area contributed by atoms with Crippen LogP contribution in [0.4, 0.5) is 5.82 Å². The molecule has 0 radical (unpaired) electrons. The summed E-state index contributed by atoms with van der Waals surface area (Å²) in [5.74, 6) is 1.39. The molecule has 1 fully saturated rings.